The Morgan fingerprint density at radius 2 is 1.75 bits per heavy atom. The first-order chi connectivity index (χ1) is 13.7. The van der Waals surface area contributed by atoms with Crippen LogP contribution in [0.25, 0.3) is 11.1 Å². The second-order valence-electron chi connectivity index (χ2n) is 6.99. The minimum absolute atomic E-state index is 0.0655. The summed E-state index contributed by atoms with van der Waals surface area (Å²) in [5, 5.41) is 10.8. The van der Waals surface area contributed by atoms with Crippen molar-refractivity contribution in [3.05, 3.63) is 66.5 Å². The summed E-state index contributed by atoms with van der Waals surface area (Å²) in [7, 11) is 0. The monoisotopic (exact) mass is 375 g/mol. The number of carbonyl (C=O) groups is 2. The van der Waals surface area contributed by atoms with E-state index in [1.165, 1.54) is 11.0 Å². The number of rotatable bonds is 5. The number of carbonyl (C=O) groups excluding carboxylic acids is 2. The molecule has 0 saturated carbocycles. The number of amides is 1. The van der Waals surface area contributed by atoms with E-state index in [4.69, 9.17) is 0 Å². The minimum atomic E-state index is -0.172. The summed E-state index contributed by atoms with van der Waals surface area (Å²) in [5.74, 6) is -0.141. The molecule has 3 aromatic rings. The van der Waals surface area contributed by atoms with Gasteiger partial charge < -0.3 is 4.90 Å². The number of nitrogens with zero attached hydrogens (tertiary/aromatic N) is 5. The van der Waals surface area contributed by atoms with Gasteiger partial charge in [0, 0.05) is 24.6 Å². The molecule has 1 aliphatic rings. The van der Waals surface area contributed by atoms with Crippen LogP contribution in [-0.2, 0) is 11.3 Å². The smallest absolute Gasteiger partial charge is 0.244 e. The maximum absolute atomic E-state index is 13.0. The number of tetrazole rings is 1. The summed E-state index contributed by atoms with van der Waals surface area (Å²) in [6.07, 6.45) is 3.03. The molecule has 0 N–H and O–H groups in total. The predicted octanol–water partition coefficient (Wildman–Crippen LogP) is 2.46. The number of ketones is 1. The Balaban J connectivity index is 1.42. The van der Waals surface area contributed by atoms with Gasteiger partial charge in [-0.25, -0.2) is 4.68 Å². The molecular formula is C21H21N5O2. The maximum atomic E-state index is 13.0. The van der Waals surface area contributed by atoms with Crippen molar-refractivity contribution < 1.29 is 9.59 Å². The Hall–Kier alpha value is -3.35. The van der Waals surface area contributed by atoms with E-state index in [1.54, 1.807) is 4.90 Å². The van der Waals surface area contributed by atoms with E-state index < -0.39 is 0 Å². The fourth-order valence-electron chi connectivity index (χ4n) is 3.60. The van der Waals surface area contributed by atoms with Crippen LogP contribution in [0, 0.1) is 5.92 Å². The zero-order chi connectivity index (χ0) is 19.3. The van der Waals surface area contributed by atoms with E-state index in [2.05, 4.69) is 15.5 Å². The highest BCUT2D eigenvalue weighted by Gasteiger charge is 2.29. The third kappa shape index (κ3) is 3.98. The molecule has 28 heavy (non-hydrogen) atoms. The van der Waals surface area contributed by atoms with Gasteiger partial charge >= 0.3 is 0 Å². The van der Waals surface area contributed by atoms with E-state index in [9.17, 15) is 9.59 Å². The molecule has 1 aromatic heterocycles. The van der Waals surface area contributed by atoms with Crippen LogP contribution in [0.2, 0.25) is 0 Å². The first-order valence-electron chi connectivity index (χ1n) is 9.39. The van der Waals surface area contributed by atoms with Crippen molar-refractivity contribution in [1.29, 1.82) is 0 Å². The SMILES string of the molecule is O=C(c1ccc(-c2ccccc2)cc1)[C@@H]1CCCN(C(=O)Cn2cnnn2)C1. The van der Waals surface area contributed by atoms with Gasteiger partial charge in [0.15, 0.2) is 5.78 Å². The van der Waals surface area contributed by atoms with E-state index in [-0.39, 0.29) is 24.2 Å². The van der Waals surface area contributed by atoms with Crippen molar-refractivity contribution in [2.24, 2.45) is 5.92 Å². The second-order valence-corrected chi connectivity index (χ2v) is 6.99. The molecule has 142 valence electrons. The largest absolute Gasteiger partial charge is 0.340 e. The highest BCUT2D eigenvalue weighted by molar-refractivity contribution is 5.98. The van der Waals surface area contributed by atoms with Crippen molar-refractivity contribution in [2.75, 3.05) is 13.1 Å². The Bertz CT molecular complexity index is 939. The number of aromatic nitrogens is 4. The summed E-state index contributed by atoms with van der Waals surface area (Å²) in [6, 6.07) is 17.8. The van der Waals surface area contributed by atoms with Gasteiger partial charge in [0.25, 0.3) is 0 Å². The number of hydrogen-bond donors (Lipinski definition) is 0. The second kappa shape index (κ2) is 8.12. The molecule has 1 saturated heterocycles. The van der Waals surface area contributed by atoms with Crippen LogP contribution in [0.1, 0.15) is 23.2 Å². The van der Waals surface area contributed by atoms with Crippen molar-refractivity contribution in [3.8, 4) is 11.1 Å². The van der Waals surface area contributed by atoms with Crippen molar-refractivity contribution in [1.82, 2.24) is 25.1 Å². The number of benzene rings is 2. The molecule has 1 atom stereocenters. The van der Waals surface area contributed by atoms with Gasteiger partial charge in [0.1, 0.15) is 12.9 Å². The molecule has 2 heterocycles. The lowest BCUT2D eigenvalue weighted by Crippen LogP contribution is -2.43. The molecule has 4 rings (SSSR count). The van der Waals surface area contributed by atoms with Gasteiger partial charge in [0.2, 0.25) is 5.91 Å². The van der Waals surface area contributed by atoms with Gasteiger partial charge in [-0.3, -0.25) is 9.59 Å². The summed E-state index contributed by atoms with van der Waals surface area (Å²) in [6.45, 7) is 1.21. The fourth-order valence-corrected chi connectivity index (χ4v) is 3.60. The van der Waals surface area contributed by atoms with Crippen LogP contribution in [0.4, 0.5) is 0 Å². The van der Waals surface area contributed by atoms with Gasteiger partial charge in [-0.2, -0.15) is 0 Å². The topological polar surface area (TPSA) is 81.0 Å². The molecule has 1 fully saturated rings. The van der Waals surface area contributed by atoms with Crippen LogP contribution in [0.3, 0.4) is 0 Å². The molecule has 0 radical (unpaired) electrons. The molecule has 1 amide bonds. The summed E-state index contributed by atoms with van der Waals surface area (Å²) in [4.78, 5) is 27.2. The molecule has 1 aliphatic heterocycles. The maximum Gasteiger partial charge on any atom is 0.244 e. The van der Waals surface area contributed by atoms with Gasteiger partial charge in [-0.1, -0.05) is 54.6 Å². The summed E-state index contributed by atoms with van der Waals surface area (Å²) < 4.78 is 1.40. The molecule has 0 bridgehead atoms. The number of hydrogen-bond acceptors (Lipinski definition) is 5. The average Bonchev–Trinajstić information content (AvgIpc) is 3.27. The summed E-state index contributed by atoms with van der Waals surface area (Å²) >= 11 is 0. The standard InChI is InChI=1S/C21H21N5O2/c27-20(14-26-15-22-23-24-26)25-12-4-7-19(13-25)21(28)18-10-8-17(9-11-18)16-5-2-1-3-6-16/h1-3,5-6,8-11,15,19H,4,7,12-14H2/t19-/m1/s1. The third-order valence-electron chi connectivity index (χ3n) is 5.11. The molecule has 2 aromatic carbocycles. The number of piperidine rings is 1. The van der Waals surface area contributed by atoms with Crippen LogP contribution in [0.15, 0.2) is 60.9 Å². The van der Waals surface area contributed by atoms with E-state index >= 15 is 0 Å². The van der Waals surface area contributed by atoms with Crippen LogP contribution in [0.5, 0.6) is 0 Å². The van der Waals surface area contributed by atoms with Crippen LogP contribution >= 0.6 is 0 Å². The lowest BCUT2D eigenvalue weighted by atomic mass is 9.89. The zero-order valence-electron chi connectivity index (χ0n) is 15.4. The molecule has 0 unspecified atom stereocenters. The first kappa shape index (κ1) is 18.0. The Kier molecular flexibility index (Phi) is 5.23. The van der Waals surface area contributed by atoms with E-state index in [1.807, 2.05) is 54.6 Å². The fraction of sp³-hybridized carbons (Fsp3) is 0.286. The highest BCUT2D eigenvalue weighted by Crippen LogP contribution is 2.24. The summed E-state index contributed by atoms with van der Waals surface area (Å²) in [5.41, 5.74) is 2.90. The van der Waals surface area contributed by atoms with Gasteiger partial charge in [-0.15, -0.1) is 5.10 Å². The van der Waals surface area contributed by atoms with Crippen molar-refractivity contribution >= 4 is 11.7 Å². The molecule has 0 aliphatic carbocycles. The normalized spacial score (nSPS) is 16.7. The van der Waals surface area contributed by atoms with Crippen molar-refractivity contribution in [3.63, 3.8) is 0 Å². The Morgan fingerprint density at radius 1 is 1.00 bits per heavy atom. The van der Waals surface area contributed by atoms with Gasteiger partial charge in [0.05, 0.1) is 0 Å². The van der Waals surface area contributed by atoms with Gasteiger partial charge in [-0.05, 0) is 34.4 Å². The molecular weight excluding hydrogens is 354 g/mol. The lowest BCUT2D eigenvalue weighted by molar-refractivity contribution is -0.133. The average molecular weight is 375 g/mol. The van der Waals surface area contributed by atoms with Crippen LogP contribution in [-0.4, -0.2) is 49.9 Å². The first-order valence-corrected chi connectivity index (χ1v) is 9.39. The minimum Gasteiger partial charge on any atom is -0.340 e. The quantitative estimate of drug-likeness (QED) is 0.640. The van der Waals surface area contributed by atoms with E-state index in [0.717, 1.165) is 24.0 Å². The Labute approximate surface area is 163 Å². The third-order valence-corrected chi connectivity index (χ3v) is 5.11. The zero-order valence-corrected chi connectivity index (χ0v) is 15.4. The Morgan fingerprint density at radius 3 is 2.46 bits per heavy atom. The molecule has 7 heteroatoms. The lowest BCUT2D eigenvalue weighted by Gasteiger charge is -2.32. The predicted molar refractivity (Wildman–Crippen MR) is 103 cm³/mol. The molecule has 0 spiro atoms. The van der Waals surface area contributed by atoms with Crippen molar-refractivity contribution in [2.45, 2.75) is 19.4 Å². The number of Topliss-reactive ketones (excluding diaryl/α,β-unsaturated/α-hetero) is 1. The molecule has 7 nitrogen and oxygen atoms in total. The number of likely N-dealkylation sites (tertiary alicyclic amines) is 1. The van der Waals surface area contributed by atoms with Crippen LogP contribution < -0.4 is 0 Å². The highest BCUT2D eigenvalue weighted by atomic mass is 16.2. The van der Waals surface area contributed by atoms with E-state index in [0.29, 0.717) is 18.7 Å².